The number of nitrogens with zero attached hydrogens (tertiary/aromatic N) is 2. The molecule has 1 aliphatic heterocycles. The van der Waals surface area contributed by atoms with Gasteiger partial charge in [-0.2, -0.15) is 0 Å². The van der Waals surface area contributed by atoms with E-state index in [2.05, 4.69) is 4.98 Å². The highest BCUT2D eigenvalue weighted by atomic mass is 32.1. The fourth-order valence-corrected chi connectivity index (χ4v) is 3.10. The van der Waals surface area contributed by atoms with Crippen molar-refractivity contribution in [2.75, 3.05) is 6.54 Å². The zero-order valence-electron chi connectivity index (χ0n) is 10.2. The van der Waals surface area contributed by atoms with E-state index >= 15 is 0 Å². The van der Waals surface area contributed by atoms with E-state index in [1.54, 1.807) is 11.3 Å². The van der Waals surface area contributed by atoms with Gasteiger partial charge >= 0.3 is 0 Å². The molecular weight excluding hydrogens is 244 g/mol. The van der Waals surface area contributed by atoms with Gasteiger partial charge in [-0.15, -0.1) is 11.3 Å². The molecule has 0 radical (unpaired) electrons. The zero-order chi connectivity index (χ0) is 12.5. The van der Waals surface area contributed by atoms with E-state index in [0.29, 0.717) is 6.54 Å². The van der Waals surface area contributed by atoms with Gasteiger partial charge in [-0.05, 0) is 25.0 Å². The Hall–Kier alpha value is -1.68. The van der Waals surface area contributed by atoms with Gasteiger partial charge in [-0.3, -0.25) is 4.79 Å². The molecule has 1 aromatic carbocycles. The molecule has 0 N–H and O–H groups in total. The molecular formula is C14H14N2OS. The predicted molar refractivity (Wildman–Crippen MR) is 71.7 cm³/mol. The Balaban J connectivity index is 1.82. The van der Waals surface area contributed by atoms with E-state index in [1.165, 1.54) is 5.56 Å². The second-order valence-corrected chi connectivity index (χ2v) is 5.80. The Labute approximate surface area is 110 Å². The number of aryl methyl sites for hydroxylation is 1. The van der Waals surface area contributed by atoms with Crippen molar-refractivity contribution in [2.45, 2.75) is 19.9 Å². The molecule has 4 heteroatoms. The summed E-state index contributed by atoms with van der Waals surface area (Å²) in [5, 5.41) is 1.05. The molecule has 0 atom stereocenters. The number of carbonyl (C=O) groups excluding carboxylic acids is 1. The van der Waals surface area contributed by atoms with Gasteiger partial charge < -0.3 is 4.90 Å². The smallest absolute Gasteiger partial charge is 0.254 e. The summed E-state index contributed by atoms with van der Waals surface area (Å²) in [5.41, 5.74) is 2.02. The second-order valence-electron chi connectivity index (χ2n) is 4.48. The van der Waals surface area contributed by atoms with Gasteiger partial charge in [0.25, 0.3) is 5.91 Å². The van der Waals surface area contributed by atoms with Crippen LogP contribution in [-0.4, -0.2) is 22.3 Å². The maximum absolute atomic E-state index is 12.3. The summed E-state index contributed by atoms with van der Waals surface area (Å²) in [5.74, 6) is 0.142. The zero-order valence-corrected chi connectivity index (χ0v) is 11.0. The Morgan fingerprint density at radius 1 is 1.39 bits per heavy atom. The summed E-state index contributed by atoms with van der Waals surface area (Å²) in [6.07, 6.45) is 2.81. The Morgan fingerprint density at radius 3 is 3.00 bits per heavy atom. The number of amides is 1. The minimum atomic E-state index is 0.142. The third-order valence-corrected chi connectivity index (χ3v) is 4.10. The van der Waals surface area contributed by atoms with Gasteiger partial charge in [0.15, 0.2) is 0 Å². The van der Waals surface area contributed by atoms with E-state index in [0.717, 1.165) is 28.4 Å². The Morgan fingerprint density at radius 2 is 2.22 bits per heavy atom. The Kier molecular flexibility index (Phi) is 2.88. The van der Waals surface area contributed by atoms with Crippen molar-refractivity contribution >= 4 is 17.2 Å². The second kappa shape index (κ2) is 4.53. The van der Waals surface area contributed by atoms with Crippen LogP contribution in [0.15, 0.2) is 30.5 Å². The quantitative estimate of drug-likeness (QED) is 0.829. The molecule has 0 bridgehead atoms. The van der Waals surface area contributed by atoms with Crippen LogP contribution in [0.3, 0.4) is 0 Å². The average molecular weight is 258 g/mol. The van der Waals surface area contributed by atoms with E-state index in [9.17, 15) is 4.79 Å². The van der Waals surface area contributed by atoms with Gasteiger partial charge in [0.1, 0.15) is 0 Å². The fraction of sp³-hybridized carbons (Fsp3) is 0.286. The molecule has 18 heavy (non-hydrogen) atoms. The number of hydrogen-bond donors (Lipinski definition) is 0. The monoisotopic (exact) mass is 258 g/mol. The van der Waals surface area contributed by atoms with Gasteiger partial charge in [-0.25, -0.2) is 4.98 Å². The van der Waals surface area contributed by atoms with Gasteiger partial charge in [0.2, 0.25) is 0 Å². The molecule has 1 amide bonds. The fourth-order valence-electron chi connectivity index (χ4n) is 2.29. The van der Waals surface area contributed by atoms with E-state index in [1.807, 2.05) is 42.3 Å². The van der Waals surface area contributed by atoms with Crippen molar-refractivity contribution in [2.24, 2.45) is 0 Å². The Bertz CT molecular complexity index is 591. The normalized spacial score (nSPS) is 14.7. The highest BCUT2D eigenvalue weighted by Crippen LogP contribution is 2.22. The lowest BCUT2D eigenvalue weighted by Crippen LogP contribution is -2.36. The predicted octanol–water partition coefficient (Wildman–Crippen LogP) is 2.65. The summed E-state index contributed by atoms with van der Waals surface area (Å²) in [6.45, 7) is 3.47. The summed E-state index contributed by atoms with van der Waals surface area (Å²) in [7, 11) is 0. The molecule has 3 rings (SSSR count). The molecule has 0 saturated heterocycles. The minimum Gasteiger partial charge on any atom is -0.333 e. The molecule has 1 aliphatic rings. The first-order valence-electron chi connectivity index (χ1n) is 6.02. The van der Waals surface area contributed by atoms with Gasteiger partial charge in [0.05, 0.1) is 11.6 Å². The first kappa shape index (κ1) is 11.4. The third kappa shape index (κ3) is 2.04. The topological polar surface area (TPSA) is 33.2 Å². The number of rotatable bonds is 2. The summed E-state index contributed by atoms with van der Waals surface area (Å²) in [4.78, 5) is 19.6. The maximum atomic E-state index is 12.3. The van der Waals surface area contributed by atoms with Gasteiger partial charge in [-0.1, -0.05) is 18.2 Å². The SMILES string of the molecule is Cc1ncc(CN2CCc3ccccc3C2=O)s1. The summed E-state index contributed by atoms with van der Waals surface area (Å²) < 4.78 is 0. The minimum absolute atomic E-state index is 0.142. The molecule has 3 nitrogen and oxygen atoms in total. The van der Waals surface area contributed by atoms with Crippen molar-refractivity contribution in [3.63, 3.8) is 0 Å². The summed E-state index contributed by atoms with van der Waals surface area (Å²) in [6, 6.07) is 7.88. The lowest BCUT2D eigenvalue weighted by Gasteiger charge is -2.27. The van der Waals surface area contributed by atoms with E-state index < -0.39 is 0 Å². The number of fused-ring (bicyclic) bond motifs is 1. The van der Waals surface area contributed by atoms with Crippen LogP contribution in [0.5, 0.6) is 0 Å². The van der Waals surface area contributed by atoms with Crippen LogP contribution in [0.25, 0.3) is 0 Å². The number of carbonyl (C=O) groups is 1. The molecule has 0 aliphatic carbocycles. The standard InChI is InChI=1S/C14H14N2OS/c1-10-15-8-12(18-10)9-16-7-6-11-4-2-3-5-13(11)14(16)17/h2-5,8H,6-7,9H2,1H3. The van der Waals surface area contributed by atoms with Crippen LogP contribution >= 0.6 is 11.3 Å². The average Bonchev–Trinajstić information content (AvgIpc) is 2.79. The number of thiazole rings is 1. The van der Waals surface area contributed by atoms with Crippen LogP contribution in [-0.2, 0) is 13.0 Å². The van der Waals surface area contributed by atoms with Crippen LogP contribution in [0.4, 0.5) is 0 Å². The van der Waals surface area contributed by atoms with Crippen LogP contribution < -0.4 is 0 Å². The largest absolute Gasteiger partial charge is 0.333 e. The number of benzene rings is 1. The molecule has 0 spiro atoms. The number of hydrogen-bond acceptors (Lipinski definition) is 3. The highest BCUT2D eigenvalue weighted by Gasteiger charge is 2.24. The van der Waals surface area contributed by atoms with E-state index in [-0.39, 0.29) is 5.91 Å². The van der Waals surface area contributed by atoms with Crippen molar-refractivity contribution in [1.29, 1.82) is 0 Å². The highest BCUT2D eigenvalue weighted by molar-refractivity contribution is 7.11. The van der Waals surface area contributed by atoms with Crippen LogP contribution in [0, 0.1) is 6.92 Å². The first-order chi connectivity index (χ1) is 8.74. The molecule has 1 aromatic heterocycles. The molecule has 0 saturated carbocycles. The van der Waals surface area contributed by atoms with Crippen molar-refractivity contribution in [3.8, 4) is 0 Å². The molecule has 2 heterocycles. The summed E-state index contributed by atoms with van der Waals surface area (Å²) >= 11 is 1.66. The third-order valence-electron chi connectivity index (χ3n) is 3.20. The van der Waals surface area contributed by atoms with Crippen LogP contribution in [0.1, 0.15) is 25.8 Å². The first-order valence-corrected chi connectivity index (χ1v) is 6.84. The van der Waals surface area contributed by atoms with Crippen molar-refractivity contribution in [3.05, 3.63) is 51.5 Å². The molecule has 0 unspecified atom stereocenters. The van der Waals surface area contributed by atoms with E-state index in [4.69, 9.17) is 0 Å². The molecule has 92 valence electrons. The molecule has 2 aromatic rings. The lowest BCUT2D eigenvalue weighted by molar-refractivity contribution is 0.0728. The van der Waals surface area contributed by atoms with Crippen molar-refractivity contribution < 1.29 is 4.79 Å². The molecule has 0 fully saturated rings. The van der Waals surface area contributed by atoms with Crippen LogP contribution in [0.2, 0.25) is 0 Å². The maximum Gasteiger partial charge on any atom is 0.254 e. The number of aromatic nitrogens is 1. The van der Waals surface area contributed by atoms with Crippen molar-refractivity contribution in [1.82, 2.24) is 9.88 Å². The van der Waals surface area contributed by atoms with Gasteiger partial charge in [0, 0.05) is 23.2 Å². The lowest BCUT2D eigenvalue weighted by atomic mass is 9.99.